The molecule has 1 fully saturated rings. The molecule has 33 nitrogen and oxygen atoms in total. The van der Waals surface area contributed by atoms with E-state index in [9.17, 15) is 29.1 Å². The van der Waals surface area contributed by atoms with Crippen molar-refractivity contribution in [1.29, 1.82) is 0 Å². The normalized spacial score (nSPS) is 15.3. The van der Waals surface area contributed by atoms with Gasteiger partial charge >= 0.3 is 0 Å². The van der Waals surface area contributed by atoms with Gasteiger partial charge in [-0.15, -0.1) is 10.2 Å². The number of nitrogens with two attached hydrogens (primary N) is 3. The first-order valence-corrected chi connectivity index (χ1v) is 37.0. The number of nitrogen functional groups attached to an aromatic ring is 2. The highest BCUT2D eigenvalue weighted by Gasteiger charge is 2.42. The lowest BCUT2D eigenvalue weighted by Gasteiger charge is -2.33. The number of pyridine rings is 1. The number of aliphatic hydroxyl groups excluding tert-OH is 1. The van der Waals surface area contributed by atoms with Crippen molar-refractivity contribution >= 4 is 117 Å². The maximum atomic E-state index is 15.7. The second kappa shape index (κ2) is 39.3. The minimum absolute atomic E-state index is 0.0340. The number of carbonyl (C=O) groups is 10. The Morgan fingerprint density at radius 3 is 1.57 bits per heavy atom. The van der Waals surface area contributed by atoms with Crippen LogP contribution in [0.1, 0.15) is 95.0 Å². The van der Waals surface area contributed by atoms with E-state index in [1.165, 1.54) is 31.3 Å². The zero-order valence-electron chi connectivity index (χ0n) is 62.8. The van der Waals surface area contributed by atoms with Crippen LogP contribution in [0.3, 0.4) is 0 Å². The molecule has 10 amide bonds. The molecule has 1 saturated heterocycles. The van der Waals surface area contributed by atoms with Crippen molar-refractivity contribution in [3.05, 3.63) is 173 Å². The topological polar surface area (TPSA) is 492 Å². The summed E-state index contributed by atoms with van der Waals surface area (Å²) in [4.78, 5) is 161. The number of aliphatic hydroxyl groups is 1. The summed E-state index contributed by atoms with van der Waals surface area (Å²) in [6.07, 6.45) is 2.84. The van der Waals surface area contributed by atoms with Gasteiger partial charge in [0, 0.05) is 81.4 Å². The molecule has 11 atom stereocenters. The Kier molecular flexibility index (Phi) is 29.4. The molecular weight excluding hydrogens is 1440 g/mol. The molecule has 0 bridgehead atoms. The van der Waals surface area contributed by atoms with Gasteiger partial charge in [0.25, 0.3) is 0 Å². The third-order valence-corrected chi connectivity index (χ3v) is 19.1. The number of rotatable bonds is 37. The number of nitrogens with one attached hydrogen (secondary N) is 12. The van der Waals surface area contributed by atoms with Gasteiger partial charge in [0.05, 0.1) is 12.8 Å². The minimum Gasteiger partial charge on any atom is -0.394 e. The van der Waals surface area contributed by atoms with E-state index >= 15 is 24.0 Å². The van der Waals surface area contributed by atoms with Gasteiger partial charge in [0.2, 0.25) is 82.9 Å². The van der Waals surface area contributed by atoms with E-state index in [4.69, 9.17) is 28.8 Å². The zero-order valence-corrected chi connectivity index (χ0v) is 63.5. The Hall–Kier alpha value is -12.1. The van der Waals surface area contributed by atoms with Crippen molar-refractivity contribution in [3.8, 4) is 0 Å². The van der Waals surface area contributed by atoms with Crippen LogP contribution < -0.4 is 70.4 Å². The van der Waals surface area contributed by atoms with Crippen LogP contribution >= 0.6 is 11.6 Å². The van der Waals surface area contributed by atoms with Gasteiger partial charge in [0.15, 0.2) is 0 Å². The van der Waals surface area contributed by atoms with E-state index < -0.39 is 132 Å². The SMILES string of the molecule is CC[C@@H](C)[C@H](NC(=O)[C@H](CC(C)C)NC(=O)[C@@H](Cc1ccc(Nc2n[nH]c(N)n2)cc1)NC(=O)[C@H](Cc1ccc(Nc2n[nH]c(N)n2)cc1)N(C)C(=O)[C@H](CO)NC(=O)[C@@H](Cc1cccnc1)NC(=O)[C@@H](Cc1ccc(Cl)cc1)NC(=O)[C@@H](Cc1ccc2ccccc2c1)NC(C)=O)C(=O)N1CCC[C@H]1C(=O)N[C@H](C)N. The first-order valence-electron chi connectivity index (χ1n) is 36.6. The number of hydrogen-bond donors (Lipinski definition) is 16. The number of benzene rings is 5. The average Bonchev–Trinajstić information content (AvgIpc) is 1.81. The van der Waals surface area contributed by atoms with Gasteiger partial charge in [0.1, 0.15) is 54.4 Å². The standard InChI is InChI=1S/C77H97ClN22O11/c1-8-43(4)64(73(111)100-32-12-16-62(100)70(108)83-44(5)79)92-69(107)56(33-42(2)3)87-67(105)59(36-47-20-27-54(28-21-47)85-76-93-74(80)95-97-76)90-71(109)63(39-48-22-29-55(30-23-48)86-77-94-75(81)96-98-77)99(7)72(110)61(41-101)91-68(106)60(38-50-13-11-31-82-40-50)89-66(104)58(35-46-18-25-53(78)26-19-46)88-65(103)57(84-45(6)102)37-49-17-24-51-14-9-10-15-52(51)34-49/h9-11,13-15,17-31,34,40,42-44,56-64,101H,8,12,16,32-33,35-39,41,79H2,1-7H3,(H,83,108)(H,84,102)(H,87,105)(H,88,103)(H,89,104)(H,90,109)(H,91,106)(H,92,107)(H4,80,85,93,95,97)(H4,81,86,94,96,98)/t43-,44-,56+,57-,58-,59-,60-,61+,62+,63+,64+/m1/s1. The van der Waals surface area contributed by atoms with Gasteiger partial charge in [-0.1, -0.05) is 131 Å². The predicted molar refractivity (Wildman–Crippen MR) is 417 cm³/mol. The van der Waals surface area contributed by atoms with Gasteiger partial charge in [-0.3, -0.25) is 52.9 Å². The molecule has 111 heavy (non-hydrogen) atoms. The van der Waals surface area contributed by atoms with Crippen LogP contribution in [0.25, 0.3) is 10.8 Å². The number of fused-ring (bicyclic) bond motifs is 1. The van der Waals surface area contributed by atoms with E-state index in [0.29, 0.717) is 63.5 Å². The molecule has 0 saturated carbocycles. The fraction of sp³-hybridized carbons (Fsp3) is 0.390. The largest absolute Gasteiger partial charge is 0.394 e. The molecule has 3 aromatic heterocycles. The second-order valence-electron chi connectivity index (χ2n) is 28.1. The molecule has 1 aliphatic heterocycles. The van der Waals surface area contributed by atoms with E-state index in [2.05, 4.69) is 88.5 Å². The van der Waals surface area contributed by atoms with E-state index in [-0.39, 0.29) is 74.8 Å². The zero-order chi connectivity index (χ0) is 80.0. The average molecular weight is 1540 g/mol. The van der Waals surface area contributed by atoms with Gasteiger partial charge in [-0.05, 0) is 119 Å². The number of H-pyrrole nitrogens is 2. The number of nitrogens with zero attached hydrogens (tertiary/aromatic N) is 7. The van der Waals surface area contributed by atoms with Crippen LogP contribution in [0.15, 0.2) is 140 Å². The molecule has 19 N–H and O–H groups in total. The molecule has 588 valence electrons. The number of carbonyl (C=O) groups excluding carboxylic acids is 10. The number of likely N-dealkylation sites (tertiary alicyclic amines) is 1. The summed E-state index contributed by atoms with van der Waals surface area (Å²) in [7, 11) is 1.27. The third-order valence-electron chi connectivity index (χ3n) is 18.9. The first kappa shape index (κ1) is 82.9. The van der Waals surface area contributed by atoms with Crippen molar-refractivity contribution in [1.82, 2.24) is 87.7 Å². The number of amides is 10. The Bertz CT molecular complexity index is 4530. The van der Waals surface area contributed by atoms with Crippen molar-refractivity contribution in [2.24, 2.45) is 17.6 Å². The van der Waals surface area contributed by atoms with Crippen molar-refractivity contribution in [2.75, 3.05) is 42.3 Å². The lowest BCUT2D eigenvalue weighted by atomic mass is 9.95. The van der Waals surface area contributed by atoms with Crippen molar-refractivity contribution in [3.63, 3.8) is 0 Å². The second-order valence-corrected chi connectivity index (χ2v) is 28.6. The summed E-state index contributed by atoms with van der Waals surface area (Å²) < 4.78 is 0. The number of aromatic nitrogens is 7. The molecule has 8 aromatic rings. The first-order chi connectivity index (χ1) is 53.1. The van der Waals surface area contributed by atoms with Gasteiger partial charge in [-0.25, -0.2) is 10.2 Å². The highest BCUT2D eigenvalue weighted by atomic mass is 35.5. The fourth-order valence-corrected chi connectivity index (χ4v) is 13.0. The maximum absolute atomic E-state index is 15.7. The summed E-state index contributed by atoms with van der Waals surface area (Å²) >= 11 is 6.28. The maximum Gasteiger partial charge on any atom is 0.248 e. The number of halogens is 1. The van der Waals surface area contributed by atoms with Crippen LogP contribution in [-0.4, -0.2) is 190 Å². The predicted octanol–water partition coefficient (Wildman–Crippen LogP) is 3.03. The smallest absolute Gasteiger partial charge is 0.248 e. The quantitative estimate of drug-likeness (QED) is 0.0249. The minimum atomic E-state index is -1.83. The molecule has 9 rings (SSSR count). The summed E-state index contributed by atoms with van der Waals surface area (Å²) in [6.45, 7) is 9.39. The summed E-state index contributed by atoms with van der Waals surface area (Å²) in [5, 5.41) is 55.0. The Balaban J connectivity index is 1.01. The Labute approximate surface area is 646 Å². The lowest BCUT2D eigenvalue weighted by Crippen LogP contribution is -2.62. The van der Waals surface area contributed by atoms with Crippen molar-refractivity contribution in [2.45, 2.75) is 160 Å². The third kappa shape index (κ3) is 23.9. The highest BCUT2D eigenvalue weighted by molar-refractivity contribution is 6.30. The molecule has 0 aliphatic carbocycles. The molecule has 0 radical (unpaired) electrons. The Morgan fingerprint density at radius 2 is 1.06 bits per heavy atom. The summed E-state index contributed by atoms with van der Waals surface area (Å²) in [6, 6.07) is 24.0. The van der Waals surface area contributed by atoms with E-state index in [0.717, 1.165) is 15.7 Å². The van der Waals surface area contributed by atoms with Crippen LogP contribution in [-0.2, 0) is 80.0 Å². The number of likely N-dealkylation sites (N-methyl/N-ethyl adjacent to an activating group) is 1. The number of aromatic amines is 2. The molecular formula is C77H97ClN22O11. The van der Waals surface area contributed by atoms with Crippen LogP contribution in [0.5, 0.6) is 0 Å². The highest BCUT2D eigenvalue weighted by Crippen LogP contribution is 2.25. The molecule has 0 spiro atoms. The van der Waals surface area contributed by atoms with Crippen LogP contribution in [0.4, 0.5) is 35.2 Å². The number of anilines is 6. The molecule has 4 heterocycles. The molecule has 0 unspecified atom stereocenters. The van der Waals surface area contributed by atoms with Gasteiger partial charge in [-0.2, -0.15) is 9.97 Å². The van der Waals surface area contributed by atoms with E-state index in [1.807, 2.05) is 63.2 Å². The van der Waals surface area contributed by atoms with Gasteiger partial charge < -0.3 is 85.3 Å². The molecule has 1 aliphatic rings. The summed E-state index contributed by atoms with van der Waals surface area (Å²) in [5.74, 6) is -7.71. The van der Waals surface area contributed by atoms with Crippen LogP contribution in [0, 0.1) is 11.8 Å². The molecule has 34 heteroatoms. The van der Waals surface area contributed by atoms with Crippen molar-refractivity contribution < 1.29 is 53.1 Å². The monoisotopic (exact) mass is 1540 g/mol. The van der Waals surface area contributed by atoms with Crippen LogP contribution in [0.2, 0.25) is 5.02 Å². The fourth-order valence-electron chi connectivity index (χ4n) is 12.9. The summed E-state index contributed by atoms with van der Waals surface area (Å²) in [5.41, 5.74) is 21.1. The lowest BCUT2D eigenvalue weighted by molar-refractivity contribution is -0.144. The number of hydrogen-bond acceptors (Lipinski definition) is 21. The van der Waals surface area contributed by atoms with E-state index in [1.54, 1.807) is 98.8 Å². The molecule has 5 aromatic carbocycles. The Morgan fingerprint density at radius 1 is 0.577 bits per heavy atom.